The van der Waals surface area contributed by atoms with E-state index in [4.69, 9.17) is 5.73 Å². The van der Waals surface area contributed by atoms with E-state index in [9.17, 15) is 13.2 Å². The maximum atomic E-state index is 13.2. The Kier molecular flexibility index (Phi) is 5.17. The summed E-state index contributed by atoms with van der Waals surface area (Å²) in [6.07, 6.45) is -3.27. The summed E-state index contributed by atoms with van der Waals surface area (Å²) in [5.41, 5.74) is 5.71. The molecule has 0 spiro atoms. The van der Waals surface area contributed by atoms with Gasteiger partial charge in [0.25, 0.3) is 0 Å². The average molecular weight is 315 g/mol. The van der Waals surface area contributed by atoms with E-state index in [-0.39, 0.29) is 0 Å². The van der Waals surface area contributed by atoms with Gasteiger partial charge >= 0.3 is 6.18 Å². The van der Waals surface area contributed by atoms with Gasteiger partial charge < -0.3 is 10.2 Å². The van der Waals surface area contributed by atoms with Gasteiger partial charge in [0.2, 0.25) is 0 Å². The normalized spacial score (nSPS) is 25.9. The number of likely N-dealkylation sites (tertiary alicyclic amines) is 1. The molecule has 1 aromatic rings. The van der Waals surface area contributed by atoms with Crippen LogP contribution in [0.4, 0.5) is 13.2 Å². The van der Waals surface area contributed by atoms with E-state index < -0.39 is 11.7 Å². The van der Waals surface area contributed by atoms with Crippen LogP contribution in [0.3, 0.4) is 0 Å². The molecule has 2 nitrogen and oxygen atoms in total. The molecule has 1 heterocycles. The van der Waals surface area contributed by atoms with Crippen LogP contribution in [0.2, 0.25) is 0 Å². The van der Waals surface area contributed by atoms with Crippen molar-refractivity contribution < 1.29 is 17.7 Å². The summed E-state index contributed by atoms with van der Waals surface area (Å²) in [5, 5.41) is 0. The SMILES string of the molecule is CC(C)C[N+]1(Cc2ccccc2C(F)(F)F)CC[C@@H](CN)C1. The van der Waals surface area contributed by atoms with Crippen LogP contribution in [-0.2, 0) is 12.7 Å². The summed E-state index contributed by atoms with van der Waals surface area (Å²) in [6, 6.07) is 5.98. The standard InChI is InChI=1S/C17H26F3N2/c1-13(2)10-22(8-7-14(9-21)11-22)12-15-5-3-4-6-16(15)17(18,19)20/h3-6,13-14H,7-12,21H2,1-2H3/q+1/t14-,22?/m0/s1. The van der Waals surface area contributed by atoms with Gasteiger partial charge in [0.15, 0.2) is 0 Å². The van der Waals surface area contributed by atoms with Crippen molar-refractivity contribution in [3.05, 3.63) is 35.4 Å². The van der Waals surface area contributed by atoms with Gasteiger partial charge in [-0.3, -0.25) is 0 Å². The Hall–Kier alpha value is -1.07. The van der Waals surface area contributed by atoms with E-state index in [1.165, 1.54) is 12.1 Å². The van der Waals surface area contributed by atoms with Crippen LogP contribution in [0.1, 0.15) is 31.4 Å². The zero-order valence-electron chi connectivity index (χ0n) is 13.4. The number of nitrogens with zero attached hydrogens (tertiary/aromatic N) is 1. The van der Waals surface area contributed by atoms with Crippen molar-refractivity contribution in [1.82, 2.24) is 0 Å². The molecule has 1 unspecified atom stereocenters. The van der Waals surface area contributed by atoms with Crippen LogP contribution >= 0.6 is 0 Å². The molecule has 0 saturated carbocycles. The zero-order valence-corrected chi connectivity index (χ0v) is 13.4. The summed E-state index contributed by atoms with van der Waals surface area (Å²) >= 11 is 0. The molecule has 1 saturated heterocycles. The van der Waals surface area contributed by atoms with Crippen molar-refractivity contribution in [2.24, 2.45) is 17.6 Å². The Morgan fingerprint density at radius 2 is 1.95 bits per heavy atom. The van der Waals surface area contributed by atoms with E-state index in [1.54, 1.807) is 12.1 Å². The number of rotatable bonds is 5. The van der Waals surface area contributed by atoms with Gasteiger partial charge in [-0.15, -0.1) is 0 Å². The molecule has 22 heavy (non-hydrogen) atoms. The quantitative estimate of drug-likeness (QED) is 0.825. The molecular formula is C17H26F3N2+. The predicted octanol–water partition coefficient (Wildman–Crippen LogP) is 3.66. The molecule has 0 aliphatic carbocycles. The number of quaternary nitrogens is 1. The maximum Gasteiger partial charge on any atom is 0.416 e. The summed E-state index contributed by atoms with van der Waals surface area (Å²) in [5.74, 6) is 0.881. The Morgan fingerprint density at radius 3 is 2.50 bits per heavy atom. The van der Waals surface area contributed by atoms with Crippen molar-refractivity contribution in [3.63, 3.8) is 0 Å². The van der Waals surface area contributed by atoms with Gasteiger partial charge in [-0.1, -0.05) is 32.0 Å². The van der Waals surface area contributed by atoms with Crippen LogP contribution < -0.4 is 5.73 Å². The fraction of sp³-hybridized carbons (Fsp3) is 0.647. The van der Waals surface area contributed by atoms with Crippen LogP contribution in [0.15, 0.2) is 24.3 Å². The van der Waals surface area contributed by atoms with E-state index in [2.05, 4.69) is 13.8 Å². The van der Waals surface area contributed by atoms with Crippen molar-refractivity contribution in [2.45, 2.75) is 33.0 Å². The second-order valence-corrected chi connectivity index (χ2v) is 7.03. The van der Waals surface area contributed by atoms with Gasteiger partial charge in [-0.2, -0.15) is 13.2 Å². The summed E-state index contributed by atoms with van der Waals surface area (Å²) < 4.78 is 40.4. The molecule has 5 heteroatoms. The number of hydrogen-bond donors (Lipinski definition) is 1. The zero-order chi connectivity index (χ0) is 16.4. The first-order valence-corrected chi connectivity index (χ1v) is 7.96. The minimum absolute atomic E-state index is 0.410. The highest BCUT2D eigenvalue weighted by atomic mass is 19.4. The first-order chi connectivity index (χ1) is 10.3. The van der Waals surface area contributed by atoms with Crippen molar-refractivity contribution in [1.29, 1.82) is 0 Å². The Morgan fingerprint density at radius 1 is 1.27 bits per heavy atom. The molecule has 2 atom stereocenters. The first-order valence-electron chi connectivity index (χ1n) is 7.96. The summed E-state index contributed by atoms with van der Waals surface area (Å²) in [7, 11) is 0. The monoisotopic (exact) mass is 315 g/mol. The van der Waals surface area contributed by atoms with Gasteiger partial charge in [-0.05, 0) is 6.07 Å². The number of hydrogen-bond acceptors (Lipinski definition) is 1. The molecule has 1 aliphatic heterocycles. The van der Waals surface area contributed by atoms with E-state index in [0.717, 1.165) is 30.5 Å². The van der Waals surface area contributed by atoms with Gasteiger partial charge in [-0.25, -0.2) is 0 Å². The van der Waals surface area contributed by atoms with Gasteiger partial charge in [0, 0.05) is 30.4 Å². The molecule has 2 rings (SSSR count). The third-order valence-electron chi connectivity index (χ3n) is 4.57. The maximum absolute atomic E-state index is 13.2. The molecule has 0 bridgehead atoms. The third-order valence-corrected chi connectivity index (χ3v) is 4.57. The fourth-order valence-electron chi connectivity index (χ4n) is 3.82. The number of halogens is 3. The van der Waals surface area contributed by atoms with Crippen LogP contribution in [-0.4, -0.2) is 30.7 Å². The minimum Gasteiger partial charge on any atom is -0.330 e. The smallest absolute Gasteiger partial charge is 0.330 e. The van der Waals surface area contributed by atoms with Crippen LogP contribution in [0.25, 0.3) is 0 Å². The Labute approximate surface area is 130 Å². The molecule has 0 radical (unpaired) electrons. The van der Waals surface area contributed by atoms with Crippen molar-refractivity contribution in [2.75, 3.05) is 26.2 Å². The minimum atomic E-state index is -4.29. The highest BCUT2D eigenvalue weighted by molar-refractivity contribution is 5.29. The van der Waals surface area contributed by atoms with E-state index in [0.29, 0.717) is 30.5 Å². The molecule has 1 fully saturated rings. The topological polar surface area (TPSA) is 26.0 Å². The van der Waals surface area contributed by atoms with Crippen LogP contribution in [0.5, 0.6) is 0 Å². The largest absolute Gasteiger partial charge is 0.416 e. The highest BCUT2D eigenvalue weighted by Gasteiger charge is 2.41. The lowest BCUT2D eigenvalue weighted by molar-refractivity contribution is -0.933. The van der Waals surface area contributed by atoms with E-state index in [1.807, 2.05) is 0 Å². The lowest BCUT2D eigenvalue weighted by Gasteiger charge is -2.37. The Balaban J connectivity index is 2.29. The average Bonchev–Trinajstić information content (AvgIpc) is 2.80. The molecular weight excluding hydrogens is 289 g/mol. The van der Waals surface area contributed by atoms with E-state index >= 15 is 0 Å². The molecule has 0 amide bonds. The number of alkyl halides is 3. The fourth-order valence-corrected chi connectivity index (χ4v) is 3.82. The summed E-state index contributed by atoms with van der Waals surface area (Å²) in [4.78, 5) is 0. The number of nitrogens with two attached hydrogens (primary N) is 1. The lowest BCUT2D eigenvalue weighted by atomic mass is 10.0. The second-order valence-electron chi connectivity index (χ2n) is 7.03. The molecule has 1 aliphatic rings. The Bertz CT molecular complexity index is 499. The lowest BCUT2D eigenvalue weighted by Crippen LogP contribution is -2.48. The summed E-state index contributed by atoms with van der Waals surface area (Å²) in [6.45, 7) is 8.05. The van der Waals surface area contributed by atoms with Gasteiger partial charge in [0.05, 0.1) is 25.2 Å². The molecule has 0 aromatic heterocycles. The van der Waals surface area contributed by atoms with Crippen molar-refractivity contribution >= 4 is 0 Å². The predicted molar refractivity (Wildman–Crippen MR) is 82.0 cm³/mol. The molecule has 1 aromatic carbocycles. The van der Waals surface area contributed by atoms with Crippen molar-refractivity contribution in [3.8, 4) is 0 Å². The number of benzene rings is 1. The first kappa shape index (κ1) is 17.3. The third kappa shape index (κ3) is 4.02. The molecule has 2 N–H and O–H groups in total. The van der Waals surface area contributed by atoms with Crippen LogP contribution in [0, 0.1) is 11.8 Å². The second kappa shape index (κ2) is 6.59. The van der Waals surface area contributed by atoms with Gasteiger partial charge in [0.1, 0.15) is 6.54 Å². The highest BCUT2D eigenvalue weighted by Crippen LogP contribution is 2.35. The molecule has 124 valence electrons.